The summed E-state index contributed by atoms with van der Waals surface area (Å²) < 4.78 is 1.15. The molecule has 5 aromatic rings. The molecular formula is C20H13N3S2. The third-order valence-electron chi connectivity index (χ3n) is 4.24. The zero-order valence-electron chi connectivity index (χ0n) is 13.2. The van der Waals surface area contributed by atoms with Crippen molar-refractivity contribution < 1.29 is 0 Å². The summed E-state index contributed by atoms with van der Waals surface area (Å²) in [6.07, 6.45) is 1.64. The van der Waals surface area contributed by atoms with Crippen molar-refractivity contribution in [3.8, 4) is 0 Å². The van der Waals surface area contributed by atoms with E-state index in [-0.39, 0.29) is 0 Å². The average molecular weight is 359 g/mol. The first-order valence-electron chi connectivity index (χ1n) is 7.97. The lowest BCUT2D eigenvalue weighted by molar-refractivity contribution is 1.11. The number of thiophene rings is 1. The van der Waals surface area contributed by atoms with Crippen LogP contribution in [-0.4, -0.2) is 15.0 Å². The fourth-order valence-corrected chi connectivity index (χ4v) is 4.99. The monoisotopic (exact) mass is 359 g/mol. The second-order valence-corrected chi connectivity index (χ2v) is 7.60. The van der Waals surface area contributed by atoms with E-state index < -0.39 is 0 Å². The van der Waals surface area contributed by atoms with Crippen LogP contribution in [-0.2, 0) is 5.75 Å². The summed E-state index contributed by atoms with van der Waals surface area (Å²) in [5, 5.41) is 6.76. The van der Waals surface area contributed by atoms with Gasteiger partial charge in [-0.1, -0.05) is 54.2 Å². The SMILES string of the molecule is c1ccc2c(c1)nc(CSc1ncnc3ccsc13)c1ccccc12. The van der Waals surface area contributed by atoms with E-state index in [1.54, 1.807) is 29.4 Å². The number of para-hydroxylation sites is 1. The molecule has 0 spiro atoms. The van der Waals surface area contributed by atoms with Gasteiger partial charge < -0.3 is 0 Å². The Hall–Kier alpha value is -2.50. The number of fused-ring (bicyclic) bond motifs is 4. The van der Waals surface area contributed by atoms with E-state index in [0.29, 0.717) is 0 Å². The van der Waals surface area contributed by atoms with E-state index in [0.717, 1.165) is 32.2 Å². The van der Waals surface area contributed by atoms with Gasteiger partial charge in [0.05, 0.1) is 21.4 Å². The zero-order valence-corrected chi connectivity index (χ0v) is 14.8. The molecule has 0 aliphatic heterocycles. The minimum atomic E-state index is 0.787. The van der Waals surface area contributed by atoms with Crippen molar-refractivity contribution in [2.24, 2.45) is 0 Å². The molecule has 0 radical (unpaired) electrons. The third kappa shape index (κ3) is 2.56. The number of rotatable bonds is 3. The standard InChI is InChI=1S/C20H13N3S2/c1-2-7-15-13(5-1)14-6-3-4-8-16(14)23-18(15)11-25-20-19-17(9-10-24-19)21-12-22-20/h1-10,12H,11H2. The zero-order chi connectivity index (χ0) is 16.6. The summed E-state index contributed by atoms with van der Waals surface area (Å²) in [5.41, 5.74) is 3.15. The van der Waals surface area contributed by atoms with E-state index in [2.05, 4.69) is 57.8 Å². The van der Waals surface area contributed by atoms with Gasteiger partial charge in [0, 0.05) is 16.5 Å². The smallest absolute Gasteiger partial charge is 0.118 e. The van der Waals surface area contributed by atoms with Gasteiger partial charge in [0.2, 0.25) is 0 Å². The molecule has 0 aliphatic rings. The Morgan fingerprint density at radius 1 is 0.800 bits per heavy atom. The molecule has 0 N–H and O–H groups in total. The quantitative estimate of drug-likeness (QED) is 0.236. The fraction of sp³-hybridized carbons (Fsp3) is 0.0500. The summed E-state index contributed by atoms with van der Waals surface area (Å²) in [5.74, 6) is 0.787. The van der Waals surface area contributed by atoms with Gasteiger partial charge in [-0.2, -0.15) is 0 Å². The van der Waals surface area contributed by atoms with Crippen molar-refractivity contribution in [1.29, 1.82) is 0 Å². The molecule has 0 saturated heterocycles. The molecular weight excluding hydrogens is 346 g/mol. The Morgan fingerprint density at radius 2 is 1.60 bits per heavy atom. The second kappa shape index (κ2) is 6.10. The van der Waals surface area contributed by atoms with E-state index in [1.165, 1.54) is 16.2 Å². The molecule has 0 atom stereocenters. The van der Waals surface area contributed by atoms with E-state index in [4.69, 9.17) is 4.98 Å². The van der Waals surface area contributed by atoms with Gasteiger partial charge in [0.1, 0.15) is 11.4 Å². The van der Waals surface area contributed by atoms with Crippen LogP contribution in [0.3, 0.4) is 0 Å². The lowest BCUT2D eigenvalue weighted by atomic mass is 10.0. The van der Waals surface area contributed by atoms with Crippen LogP contribution in [0.1, 0.15) is 5.69 Å². The number of nitrogens with zero attached hydrogens (tertiary/aromatic N) is 3. The number of aromatic nitrogens is 3. The molecule has 0 fully saturated rings. The Kier molecular flexibility index (Phi) is 3.61. The maximum Gasteiger partial charge on any atom is 0.118 e. The average Bonchev–Trinajstić information content (AvgIpc) is 3.15. The van der Waals surface area contributed by atoms with Gasteiger partial charge in [-0.25, -0.2) is 9.97 Å². The van der Waals surface area contributed by atoms with E-state index in [1.807, 2.05) is 12.1 Å². The molecule has 3 aromatic heterocycles. The number of thioether (sulfide) groups is 1. The molecule has 25 heavy (non-hydrogen) atoms. The first kappa shape index (κ1) is 14.8. The number of hydrogen-bond acceptors (Lipinski definition) is 5. The second-order valence-electron chi connectivity index (χ2n) is 5.72. The Morgan fingerprint density at radius 3 is 2.52 bits per heavy atom. The van der Waals surface area contributed by atoms with Crippen LogP contribution in [0.2, 0.25) is 0 Å². The molecule has 0 unspecified atom stereocenters. The van der Waals surface area contributed by atoms with Crippen LogP contribution in [0.4, 0.5) is 0 Å². The molecule has 0 amide bonds. The van der Waals surface area contributed by atoms with Gasteiger partial charge in [0.25, 0.3) is 0 Å². The van der Waals surface area contributed by atoms with Crippen molar-refractivity contribution in [3.05, 3.63) is 72.0 Å². The highest BCUT2D eigenvalue weighted by Crippen LogP contribution is 2.33. The van der Waals surface area contributed by atoms with Crippen molar-refractivity contribution in [1.82, 2.24) is 15.0 Å². The third-order valence-corrected chi connectivity index (χ3v) is 6.28. The minimum Gasteiger partial charge on any atom is -0.251 e. The van der Waals surface area contributed by atoms with Crippen LogP contribution in [0, 0.1) is 0 Å². The highest BCUT2D eigenvalue weighted by atomic mass is 32.2. The fourth-order valence-electron chi connectivity index (χ4n) is 3.09. The summed E-state index contributed by atoms with van der Waals surface area (Å²) in [4.78, 5) is 13.7. The predicted molar refractivity (Wildman–Crippen MR) is 106 cm³/mol. The van der Waals surface area contributed by atoms with E-state index in [9.17, 15) is 0 Å². The first-order valence-corrected chi connectivity index (χ1v) is 9.84. The van der Waals surface area contributed by atoms with Crippen LogP contribution in [0.5, 0.6) is 0 Å². The summed E-state index contributed by atoms with van der Waals surface area (Å²) >= 11 is 3.42. The van der Waals surface area contributed by atoms with Gasteiger partial charge in [-0.3, -0.25) is 4.98 Å². The molecule has 3 heterocycles. The number of benzene rings is 2. The van der Waals surface area contributed by atoms with Crippen molar-refractivity contribution >= 4 is 55.0 Å². The largest absolute Gasteiger partial charge is 0.251 e. The minimum absolute atomic E-state index is 0.787. The van der Waals surface area contributed by atoms with Gasteiger partial charge >= 0.3 is 0 Å². The molecule has 0 bridgehead atoms. The molecule has 5 heteroatoms. The predicted octanol–water partition coefficient (Wildman–Crippen LogP) is 5.69. The lowest BCUT2D eigenvalue weighted by Crippen LogP contribution is -1.93. The van der Waals surface area contributed by atoms with Crippen molar-refractivity contribution in [3.63, 3.8) is 0 Å². The molecule has 0 aliphatic carbocycles. The Labute approximate surface area is 152 Å². The number of pyridine rings is 1. The lowest BCUT2D eigenvalue weighted by Gasteiger charge is -2.09. The molecule has 120 valence electrons. The normalized spacial score (nSPS) is 11.5. The van der Waals surface area contributed by atoms with Crippen molar-refractivity contribution in [2.75, 3.05) is 0 Å². The summed E-state index contributed by atoms with van der Waals surface area (Å²) in [7, 11) is 0. The summed E-state index contributed by atoms with van der Waals surface area (Å²) in [6, 6.07) is 18.9. The van der Waals surface area contributed by atoms with Gasteiger partial charge in [-0.15, -0.1) is 11.3 Å². The molecule has 3 nitrogen and oxygen atoms in total. The summed E-state index contributed by atoms with van der Waals surface area (Å²) in [6.45, 7) is 0. The van der Waals surface area contributed by atoms with Gasteiger partial charge in [-0.05, 0) is 22.9 Å². The Bertz CT molecular complexity index is 1210. The number of hydrogen-bond donors (Lipinski definition) is 0. The van der Waals surface area contributed by atoms with Gasteiger partial charge in [0.15, 0.2) is 0 Å². The first-order chi connectivity index (χ1) is 12.4. The van der Waals surface area contributed by atoms with Crippen LogP contribution >= 0.6 is 23.1 Å². The van der Waals surface area contributed by atoms with Crippen LogP contribution in [0.25, 0.3) is 31.9 Å². The maximum absolute atomic E-state index is 4.93. The van der Waals surface area contributed by atoms with Crippen LogP contribution < -0.4 is 0 Å². The van der Waals surface area contributed by atoms with E-state index >= 15 is 0 Å². The topological polar surface area (TPSA) is 38.7 Å². The van der Waals surface area contributed by atoms with Crippen molar-refractivity contribution in [2.45, 2.75) is 10.8 Å². The highest BCUT2D eigenvalue weighted by molar-refractivity contribution is 7.98. The molecule has 2 aromatic carbocycles. The maximum atomic E-state index is 4.93. The molecule has 0 saturated carbocycles. The Balaban J connectivity index is 1.61. The molecule has 5 rings (SSSR count). The highest BCUT2D eigenvalue weighted by Gasteiger charge is 2.11. The van der Waals surface area contributed by atoms with Crippen LogP contribution in [0.15, 0.2) is 71.3 Å².